The molecule has 2 aromatic carbocycles. The summed E-state index contributed by atoms with van der Waals surface area (Å²) in [5, 5.41) is 2.91. The van der Waals surface area contributed by atoms with E-state index in [1.165, 1.54) is 4.90 Å². The first-order valence-corrected chi connectivity index (χ1v) is 13.3. The fourth-order valence-corrected chi connectivity index (χ4v) is 4.26. The summed E-state index contributed by atoms with van der Waals surface area (Å²) in [6, 6.07) is 15.4. The summed E-state index contributed by atoms with van der Waals surface area (Å²) in [6.45, 7) is 5.32. The van der Waals surface area contributed by atoms with Crippen LogP contribution in [0.1, 0.15) is 32.8 Å². The van der Waals surface area contributed by atoms with Crippen molar-refractivity contribution in [1.29, 1.82) is 0 Å². The van der Waals surface area contributed by atoms with Crippen LogP contribution in [0.2, 0.25) is 0 Å². The second kappa shape index (κ2) is 11.6. The minimum Gasteiger partial charge on any atom is -0.352 e. The molecule has 0 heterocycles. The van der Waals surface area contributed by atoms with Crippen LogP contribution in [0.4, 0.5) is 5.69 Å². The molecule has 0 aliphatic carbocycles. The van der Waals surface area contributed by atoms with Crippen molar-refractivity contribution in [3.05, 3.63) is 63.7 Å². The van der Waals surface area contributed by atoms with Crippen molar-refractivity contribution >= 4 is 50.1 Å². The Balaban J connectivity index is 2.34. The Morgan fingerprint density at radius 1 is 1.03 bits per heavy atom. The van der Waals surface area contributed by atoms with Gasteiger partial charge in [-0.1, -0.05) is 37.3 Å². The van der Waals surface area contributed by atoms with Gasteiger partial charge in [-0.25, -0.2) is 8.42 Å². The Morgan fingerprint density at radius 3 is 2.16 bits per heavy atom. The number of hydrogen-bond donors (Lipinski definition) is 1. The van der Waals surface area contributed by atoms with E-state index in [0.717, 1.165) is 26.1 Å². The second-order valence-electron chi connectivity index (χ2n) is 7.75. The standard InChI is InChI=1S/C23H30IN3O4S/c1-5-17(2)25-23(29)18(3)26(15-19-9-7-6-8-10-19)22(28)16-27(32(4,30)31)21-13-11-20(24)12-14-21/h6-14,17-18H,5,15-16H2,1-4H3,(H,25,29)/t17-,18+/m1/s1. The Bertz CT molecular complexity index is 1010. The van der Waals surface area contributed by atoms with Crippen molar-refractivity contribution in [3.8, 4) is 0 Å². The lowest BCUT2D eigenvalue weighted by Crippen LogP contribution is -2.52. The van der Waals surface area contributed by atoms with Gasteiger partial charge >= 0.3 is 0 Å². The zero-order valence-electron chi connectivity index (χ0n) is 18.8. The van der Waals surface area contributed by atoms with Crippen molar-refractivity contribution in [2.24, 2.45) is 0 Å². The normalized spacial score (nSPS) is 13.2. The third-order valence-corrected chi connectivity index (χ3v) is 7.02. The summed E-state index contributed by atoms with van der Waals surface area (Å²) in [5.41, 5.74) is 1.25. The van der Waals surface area contributed by atoms with E-state index in [0.29, 0.717) is 5.69 Å². The molecule has 0 radical (unpaired) electrons. The monoisotopic (exact) mass is 571 g/mol. The zero-order chi connectivity index (χ0) is 23.9. The van der Waals surface area contributed by atoms with Crippen LogP contribution in [-0.2, 0) is 26.2 Å². The molecule has 174 valence electrons. The number of halogens is 1. The number of nitrogens with one attached hydrogen (secondary N) is 1. The lowest BCUT2D eigenvalue weighted by molar-refractivity contribution is -0.139. The van der Waals surface area contributed by atoms with E-state index in [9.17, 15) is 18.0 Å². The minimum atomic E-state index is -3.72. The van der Waals surface area contributed by atoms with Gasteiger partial charge in [-0.15, -0.1) is 0 Å². The molecule has 0 aromatic heterocycles. The van der Waals surface area contributed by atoms with Gasteiger partial charge in [0.25, 0.3) is 0 Å². The van der Waals surface area contributed by atoms with E-state index < -0.39 is 28.5 Å². The summed E-state index contributed by atoms with van der Waals surface area (Å²) in [6.07, 6.45) is 1.83. The quantitative estimate of drug-likeness (QED) is 0.443. The largest absolute Gasteiger partial charge is 0.352 e. The van der Waals surface area contributed by atoms with Crippen molar-refractivity contribution in [2.75, 3.05) is 17.1 Å². The van der Waals surface area contributed by atoms with E-state index in [1.807, 2.05) is 44.2 Å². The van der Waals surface area contributed by atoms with Gasteiger partial charge in [0, 0.05) is 16.2 Å². The highest BCUT2D eigenvalue weighted by molar-refractivity contribution is 14.1. The van der Waals surface area contributed by atoms with Gasteiger partial charge < -0.3 is 10.2 Å². The summed E-state index contributed by atoms with van der Waals surface area (Å²) in [4.78, 5) is 27.6. The van der Waals surface area contributed by atoms with Crippen molar-refractivity contribution < 1.29 is 18.0 Å². The number of benzene rings is 2. The highest BCUT2D eigenvalue weighted by Crippen LogP contribution is 2.20. The highest BCUT2D eigenvalue weighted by atomic mass is 127. The molecule has 0 aliphatic heterocycles. The minimum absolute atomic E-state index is 0.0297. The smallest absolute Gasteiger partial charge is 0.244 e. The molecule has 2 atom stereocenters. The molecule has 7 nitrogen and oxygen atoms in total. The van der Waals surface area contributed by atoms with Crippen molar-refractivity contribution in [3.63, 3.8) is 0 Å². The van der Waals surface area contributed by atoms with Crippen LogP contribution < -0.4 is 9.62 Å². The molecule has 2 amide bonds. The van der Waals surface area contributed by atoms with Crippen molar-refractivity contribution in [1.82, 2.24) is 10.2 Å². The van der Waals surface area contributed by atoms with Gasteiger partial charge in [-0.3, -0.25) is 13.9 Å². The maximum atomic E-state index is 13.4. The lowest BCUT2D eigenvalue weighted by atomic mass is 10.1. The number of anilines is 1. The summed E-state index contributed by atoms with van der Waals surface area (Å²) in [7, 11) is -3.72. The topological polar surface area (TPSA) is 86.8 Å². The number of carbonyl (C=O) groups is 2. The van der Waals surface area contributed by atoms with Gasteiger partial charge in [0.05, 0.1) is 11.9 Å². The zero-order valence-corrected chi connectivity index (χ0v) is 21.8. The molecular formula is C23H30IN3O4S. The Hall–Kier alpha value is -2.14. The van der Waals surface area contributed by atoms with E-state index >= 15 is 0 Å². The van der Waals surface area contributed by atoms with Gasteiger partial charge in [0.1, 0.15) is 12.6 Å². The average molecular weight is 571 g/mol. The molecule has 9 heteroatoms. The third kappa shape index (κ3) is 7.47. The van der Waals surface area contributed by atoms with Crippen LogP contribution in [0, 0.1) is 3.57 Å². The molecule has 0 aliphatic rings. The van der Waals surface area contributed by atoms with E-state index in [4.69, 9.17) is 0 Å². The number of nitrogens with zero attached hydrogens (tertiary/aromatic N) is 2. The summed E-state index contributed by atoms with van der Waals surface area (Å²) in [5.74, 6) is -0.728. The predicted octanol–water partition coefficient (Wildman–Crippen LogP) is 3.39. The summed E-state index contributed by atoms with van der Waals surface area (Å²) < 4.78 is 27.0. The van der Waals surface area contributed by atoms with Crippen LogP contribution in [-0.4, -0.2) is 50.0 Å². The molecule has 2 aromatic rings. The number of carbonyl (C=O) groups excluding carboxylic acids is 2. The van der Waals surface area contributed by atoms with Crippen LogP contribution in [0.15, 0.2) is 54.6 Å². The molecule has 0 unspecified atom stereocenters. The molecule has 2 rings (SSSR count). The number of hydrogen-bond acceptors (Lipinski definition) is 4. The number of amides is 2. The number of rotatable bonds is 10. The van der Waals surface area contributed by atoms with E-state index in [2.05, 4.69) is 27.9 Å². The van der Waals surface area contributed by atoms with Crippen LogP contribution in [0.5, 0.6) is 0 Å². The molecule has 1 N–H and O–H groups in total. The first-order chi connectivity index (χ1) is 15.0. The Labute approximate surface area is 204 Å². The first-order valence-electron chi connectivity index (χ1n) is 10.4. The van der Waals surface area contributed by atoms with E-state index in [-0.39, 0.29) is 18.5 Å². The van der Waals surface area contributed by atoms with Crippen molar-refractivity contribution in [2.45, 2.75) is 45.8 Å². The van der Waals surface area contributed by atoms with Gasteiger partial charge in [0.2, 0.25) is 21.8 Å². The second-order valence-corrected chi connectivity index (χ2v) is 10.9. The van der Waals surface area contributed by atoms with E-state index in [1.54, 1.807) is 31.2 Å². The first kappa shape index (κ1) is 26.1. The van der Waals surface area contributed by atoms with Crippen LogP contribution in [0.25, 0.3) is 0 Å². The lowest BCUT2D eigenvalue weighted by Gasteiger charge is -2.32. The van der Waals surface area contributed by atoms with Gasteiger partial charge in [-0.2, -0.15) is 0 Å². The van der Waals surface area contributed by atoms with Crippen LogP contribution in [0.3, 0.4) is 0 Å². The Morgan fingerprint density at radius 2 is 1.62 bits per heavy atom. The molecule has 0 saturated heterocycles. The Kier molecular flexibility index (Phi) is 9.50. The molecule has 0 bridgehead atoms. The van der Waals surface area contributed by atoms with Gasteiger partial charge in [0.15, 0.2) is 0 Å². The average Bonchev–Trinajstić information content (AvgIpc) is 2.75. The summed E-state index contributed by atoms with van der Waals surface area (Å²) >= 11 is 2.13. The fraction of sp³-hybridized carbons (Fsp3) is 0.391. The highest BCUT2D eigenvalue weighted by Gasteiger charge is 2.30. The number of sulfonamides is 1. The molecule has 0 saturated carbocycles. The molecule has 32 heavy (non-hydrogen) atoms. The third-order valence-electron chi connectivity index (χ3n) is 5.16. The molecular weight excluding hydrogens is 541 g/mol. The predicted molar refractivity (Wildman–Crippen MR) is 136 cm³/mol. The maximum Gasteiger partial charge on any atom is 0.244 e. The molecule has 0 spiro atoms. The SMILES string of the molecule is CC[C@@H](C)NC(=O)[C@H](C)N(Cc1ccccc1)C(=O)CN(c1ccc(I)cc1)S(C)(=O)=O. The maximum absolute atomic E-state index is 13.4. The molecule has 0 fully saturated rings. The fourth-order valence-electron chi connectivity index (χ4n) is 3.05. The van der Waals surface area contributed by atoms with Crippen LogP contribution >= 0.6 is 22.6 Å². The van der Waals surface area contributed by atoms with Gasteiger partial charge in [-0.05, 0) is 72.7 Å².